The summed E-state index contributed by atoms with van der Waals surface area (Å²) in [4.78, 5) is 2.24. The molecule has 1 fully saturated rings. The van der Waals surface area contributed by atoms with Gasteiger partial charge in [0.2, 0.25) is 10.0 Å². The first-order valence-corrected chi connectivity index (χ1v) is 7.92. The fourth-order valence-electron chi connectivity index (χ4n) is 2.16. The first-order valence-electron chi connectivity index (χ1n) is 6.31. The van der Waals surface area contributed by atoms with E-state index < -0.39 is 10.0 Å². The van der Waals surface area contributed by atoms with E-state index >= 15 is 0 Å². The lowest BCUT2D eigenvalue weighted by Crippen LogP contribution is -2.45. The van der Waals surface area contributed by atoms with Crippen molar-refractivity contribution in [2.75, 3.05) is 39.5 Å². The van der Waals surface area contributed by atoms with Gasteiger partial charge in [0.1, 0.15) is 0 Å². The van der Waals surface area contributed by atoms with Crippen molar-refractivity contribution in [1.29, 1.82) is 0 Å². The largest absolute Gasteiger partial charge is 0.330 e. The highest BCUT2D eigenvalue weighted by Crippen LogP contribution is 2.17. The number of hydrogen-bond donors (Lipinski definition) is 1. The molecule has 0 bridgehead atoms. The van der Waals surface area contributed by atoms with E-state index in [4.69, 9.17) is 5.73 Å². The molecule has 0 aromatic carbocycles. The lowest BCUT2D eigenvalue weighted by atomic mass is 10.1. The molecule has 6 heteroatoms. The molecule has 0 aliphatic carbocycles. The maximum atomic E-state index is 12.1. The van der Waals surface area contributed by atoms with Crippen molar-refractivity contribution in [3.8, 4) is 0 Å². The summed E-state index contributed by atoms with van der Waals surface area (Å²) in [5.74, 6) is 0.229. The van der Waals surface area contributed by atoms with E-state index in [1.807, 2.05) is 0 Å². The van der Waals surface area contributed by atoms with Crippen LogP contribution in [0.3, 0.4) is 0 Å². The van der Waals surface area contributed by atoms with Gasteiger partial charge >= 0.3 is 0 Å². The Bertz CT molecular complexity index is 311. The number of likely N-dealkylation sites (tertiary alicyclic amines) is 1. The van der Waals surface area contributed by atoms with Gasteiger partial charge in [0, 0.05) is 13.1 Å². The summed E-state index contributed by atoms with van der Waals surface area (Å²) in [6.07, 6.45) is 3.31. The van der Waals surface area contributed by atoms with Crippen LogP contribution in [0, 0.1) is 0 Å². The molecule has 0 unspecified atom stereocenters. The van der Waals surface area contributed by atoms with Crippen molar-refractivity contribution < 1.29 is 8.42 Å². The van der Waals surface area contributed by atoms with Gasteiger partial charge in [-0.15, -0.1) is 0 Å². The topological polar surface area (TPSA) is 66.6 Å². The van der Waals surface area contributed by atoms with Gasteiger partial charge in [-0.3, -0.25) is 0 Å². The Morgan fingerprint density at radius 2 is 1.88 bits per heavy atom. The van der Waals surface area contributed by atoms with Crippen LogP contribution in [0.4, 0.5) is 0 Å². The number of rotatable bonds is 6. The summed E-state index contributed by atoms with van der Waals surface area (Å²) in [6, 6.07) is 0.175. The van der Waals surface area contributed by atoms with E-state index in [0.717, 1.165) is 32.4 Å². The average molecular weight is 263 g/mol. The summed E-state index contributed by atoms with van der Waals surface area (Å²) in [5.41, 5.74) is 5.38. The van der Waals surface area contributed by atoms with Crippen molar-refractivity contribution in [1.82, 2.24) is 9.21 Å². The van der Waals surface area contributed by atoms with Crippen molar-refractivity contribution in [2.24, 2.45) is 5.73 Å². The number of unbranched alkanes of at least 4 members (excludes halogenated alkanes) is 1. The average Bonchev–Trinajstić information content (AvgIpc) is 2.29. The molecule has 1 saturated heterocycles. The van der Waals surface area contributed by atoms with E-state index in [0.29, 0.717) is 13.0 Å². The van der Waals surface area contributed by atoms with Crippen LogP contribution >= 0.6 is 0 Å². The van der Waals surface area contributed by atoms with Gasteiger partial charge in [0.05, 0.1) is 5.75 Å². The van der Waals surface area contributed by atoms with Crippen LogP contribution in [0.15, 0.2) is 0 Å². The Morgan fingerprint density at radius 3 is 2.41 bits per heavy atom. The molecule has 2 N–H and O–H groups in total. The SMILES string of the molecule is CN1CCC(N(C)S(=O)(=O)CCCCN)CC1. The Morgan fingerprint density at radius 1 is 1.29 bits per heavy atom. The maximum absolute atomic E-state index is 12.1. The Labute approximate surface area is 105 Å². The van der Waals surface area contributed by atoms with Gasteiger partial charge < -0.3 is 10.6 Å². The fourth-order valence-corrected chi connectivity index (χ4v) is 3.68. The molecular weight excluding hydrogens is 238 g/mol. The number of piperidine rings is 1. The molecule has 1 rings (SSSR count). The fraction of sp³-hybridized carbons (Fsp3) is 1.00. The highest BCUT2D eigenvalue weighted by Gasteiger charge is 2.28. The molecule has 1 heterocycles. The quantitative estimate of drug-likeness (QED) is 0.689. The predicted molar refractivity (Wildman–Crippen MR) is 70.4 cm³/mol. The third-order valence-corrected chi connectivity index (χ3v) is 5.48. The lowest BCUT2D eigenvalue weighted by molar-refractivity contribution is 0.197. The van der Waals surface area contributed by atoms with Crippen molar-refractivity contribution >= 4 is 10.0 Å². The van der Waals surface area contributed by atoms with Crippen LogP contribution < -0.4 is 5.73 Å². The molecule has 0 atom stereocenters. The first kappa shape index (κ1) is 14.9. The third kappa shape index (κ3) is 4.54. The van der Waals surface area contributed by atoms with Crippen LogP contribution in [0.5, 0.6) is 0 Å². The van der Waals surface area contributed by atoms with Crippen LogP contribution in [-0.2, 0) is 10.0 Å². The third-order valence-electron chi connectivity index (χ3n) is 3.50. The van der Waals surface area contributed by atoms with Crippen LogP contribution in [0.1, 0.15) is 25.7 Å². The second-order valence-corrected chi connectivity index (χ2v) is 7.01. The molecule has 5 nitrogen and oxygen atoms in total. The number of hydrogen-bond acceptors (Lipinski definition) is 4. The molecule has 1 aliphatic rings. The van der Waals surface area contributed by atoms with E-state index in [1.165, 1.54) is 0 Å². The van der Waals surface area contributed by atoms with Gasteiger partial charge in [0.25, 0.3) is 0 Å². The van der Waals surface area contributed by atoms with Crippen molar-refractivity contribution in [3.05, 3.63) is 0 Å². The Hall–Kier alpha value is -0.170. The maximum Gasteiger partial charge on any atom is 0.214 e. The summed E-state index contributed by atoms with van der Waals surface area (Å²) in [5, 5.41) is 0. The number of sulfonamides is 1. The van der Waals surface area contributed by atoms with Gasteiger partial charge in [-0.2, -0.15) is 0 Å². The highest BCUT2D eigenvalue weighted by molar-refractivity contribution is 7.89. The zero-order valence-corrected chi connectivity index (χ0v) is 11.7. The number of nitrogens with zero attached hydrogens (tertiary/aromatic N) is 2. The summed E-state index contributed by atoms with van der Waals surface area (Å²) < 4.78 is 25.7. The molecule has 0 amide bonds. The summed E-state index contributed by atoms with van der Waals surface area (Å²) in [6.45, 7) is 2.52. The molecule has 1 aliphatic heterocycles. The number of nitrogens with two attached hydrogens (primary N) is 1. The molecule has 17 heavy (non-hydrogen) atoms. The smallest absolute Gasteiger partial charge is 0.214 e. The van der Waals surface area contributed by atoms with E-state index in [2.05, 4.69) is 11.9 Å². The molecule has 0 saturated carbocycles. The monoisotopic (exact) mass is 263 g/mol. The molecule has 0 spiro atoms. The van der Waals surface area contributed by atoms with Crippen molar-refractivity contribution in [3.63, 3.8) is 0 Å². The normalized spacial score (nSPS) is 20.0. The second kappa shape index (κ2) is 6.68. The zero-order valence-electron chi connectivity index (χ0n) is 10.9. The zero-order chi connectivity index (χ0) is 12.9. The van der Waals surface area contributed by atoms with Crippen LogP contribution in [0.2, 0.25) is 0 Å². The van der Waals surface area contributed by atoms with E-state index in [9.17, 15) is 8.42 Å². The van der Waals surface area contributed by atoms with E-state index in [-0.39, 0.29) is 11.8 Å². The van der Waals surface area contributed by atoms with E-state index in [1.54, 1.807) is 11.4 Å². The minimum absolute atomic E-state index is 0.175. The van der Waals surface area contributed by atoms with Crippen LogP contribution in [-0.4, -0.2) is 63.1 Å². The standard InChI is InChI=1S/C11H25N3O2S/c1-13-8-5-11(6-9-13)14(2)17(15,16)10-4-3-7-12/h11H,3-10,12H2,1-2H3. The summed E-state index contributed by atoms with van der Waals surface area (Å²) in [7, 11) is 0.701. The lowest BCUT2D eigenvalue weighted by Gasteiger charge is -2.34. The summed E-state index contributed by atoms with van der Waals surface area (Å²) >= 11 is 0. The Balaban J connectivity index is 2.47. The van der Waals surface area contributed by atoms with Crippen molar-refractivity contribution in [2.45, 2.75) is 31.7 Å². The van der Waals surface area contributed by atoms with Gasteiger partial charge in [0.15, 0.2) is 0 Å². The Kier molecular flexibility index (Phi) is 5.85. The van der Waals surface area contributed by atoms with Gasteiger partial charge in [-0.1, -0.05) is 0 Å². The minimum Gasteiger partial charge on any atom is -0.330 e. The molecule has 0 aromatic rings. The minimum atomic E-state index is -3.09. The first-order chi connectivity index (χ1) is 7.97. The molecular formula is C11H25N3O2S. The molecule has 0 radical (unpaired) electrons. The second-order valence-electron chi connectivity index (χ2n) is 4.86. The molecule has 102 valence electrons. The highest BCUT2D eigenvalue weighted by atomic mass is 32.2. The predicted octanol–water partition coefficient (Wildman–Crippen LogP) is 0.0811. The van der Waals surface area contributed by atoms with Crippen LogP contribution in [0.25, 0.3) is 0 Å². The van der Waals surface area contributed by atoms with Gasteiger partial charge in [-0.05, 0) is 52.4 Å². The molecule has 0 aromatic heterocycles. The van der Waals surface area contributed by atoms with Gasteiger partial charge in [-0.25, -0.2) is 12.7 Å².